The minimum absolute atomic E-state index is 0.0658. The number of halogens is 1. The second-order valence-corrected chi connectivity index (χ2v) is 5.24. The standard InChI is InChI=1S/C14H16BrN3O2/c1-10(14-16-6-7-17-14)18-13(19)5-8-20-12-4-2-3-11(15)9-12/h2-4,6-7,9-10H,5,8H2,1H3,(H,16,17)(H,18,19). The van der Waals surface area contributed by atoms with Crippen LogP contribution in [0.4, 0.5) is 0 Å². The summed E-state index contributed by atoms with van der Waals surface area (Å²) in [5, 5.41) is 2.86. The number of carbonyl (C=O) groups excluding carboxylic acids is 1. The molecule has 1 amide bonds. The van der Waals surface area contributed by atoms with E-state index in [0.29, 0.717) is 13.0 Å². The molecule has 0 fully saturated rings. The van der Waals surface area contributed by atoms with Gasteiger partial charge in [-0.05, 0) is 25.1 Å². The maximum Gasteiger partial charge on any atom is 0.224 e. The molecule has 0 spiro atoms. The molecule has 0 bridgehead atoms. The zero-order valence-corrected chi connectivity index (χ0v) is 12.7. The molecule has 0 aliphatic rings. The van der Waals surface area contributed by atoms with Crippen molar-refractivity contribution >= 4 is 21.8 Å². The van der Waals surface area contributed by atoms with Gasteiger partial charge in [0.1, 0.15) is 11.6 Å². The molecular weight excluding hydrogens is 322 g/mol. The lowest BCUT2D eigenvalue weighted by atomic mass is 10.3. The van der Waals surface area contributed by atoms with Crippen molar-refractivity contribution in [1.29, 1.82) is 0 Å². The Hall–Kier alpha value is -1.82. The van der Waals surface area contributed by atoms with Crippen LogP contribution in [0.5, 0.6) is 5.75 Å². The van der Waals surface area contributed by atoms with Gasteiger partial charge in [-0.1, -0.05) is 22.0 Å². The summed E-state index contributed by atoms with van der Waals surface area (Å²) in [5.74, 6) is 1.42. The van der Waals surface area contributed by atoms with Crippen LogP contribution in [0.25, 0.3) is 0 Å². The van der Waals surface area contributed by atoms with Gasteiger partial charge >= 0.3 is 0 Å². The van der Waals surface area contributed by atoms with Gasteiger partial charge in [-0.3, -0.25) is 4.79 Å². The third-order valence-corrected chi connectivity index (χ3v) is 3.19. The van der Waals surface area contributed by atoms with Crippen LogP contribution in [0.3, 0.4) is 0 Å². The average Bonchev–Trinajstić information content (AvgIpc) is 2.92. The number of aromatic nitrogens is 2. The number of imidazole rings is 1. The topological polar surface area (TPSA) is 67.0 Å². The zero-order chi connectivity index (χ0) is 14.4. The van der Waals surface area contributed by atoms with Crippen molar-refractivity contribution in [3.05, 3.63) is 47.0 Å². The molecule has 0 saturated heterocycles. The van der Waals surface area contributed by atoms with Gasteiger partial charge in [0.2, 0.25) is 5.91 Å². The third kappa shape index (κ3) is 4.38. The van der Waals surface area contributed by atoms with Crippen LogP contribution in [0.1, 0.15) is 25.2 Å². The molecule has 0 saturated carbocycles. The lowest BCUT2D eigenvalue weighted by molar-refractivity contribution is -0.122. The predicted octanol–water partition coefficient (Wildman–Crippen LogP) is 2.82. The van der Waals surface area contributed by atoms with Gasteiger partial charge in [-0.15, -0.1) is 0 Å². The normalized spacial score (nSPS) is 11.9. The van der Waals surface area contributed by atoms with Gasteiger partial charge in [0, 0.05) is 16.9 Å². The SMILES string of the molecule is CC(NC(=O)CCOc1cccc(Br)c1)c1ncc[nH]1. The van der Waals surface area contributed by atoms with E-state index < -0.39 is 0 Å². The Morgan fingerprint density at radius 2 is 2.40 bits per heavy atom. The van der Waals surface area contributed by atoms with Gasteiger partial charge in [0.05, 0.1) is 19.1 Å². The van der Waals surface area contributed by atoms with Crippen LogP contribution in [0, 0.1) is 0 Å². The van der Waals surface area contributed by atoms with E-state index >= 15 is 0 Å². The number of nitrogens with one attached hydrogen (secondary N) is 2. The number of hydrogen-bond acceptors (Lipinski definition) is 3. The summed E-state index contributed by atoms with van der Waals surface area (Å²) in [4.78, 5) is 18.8. The third-order valence-electron chi connectivity index (χ3n) is 2.70. The maximum absolute atomic E-state index is 11.8. The summed E-state index contributed by atoms with van der Waals surface area (Å²) in [7, 11) is 0. The van der Waals surface area contributed by atoms with E-state index in [1.54, 1.807) is 12.4 Å². The van der Waals surface area contributed by atoms with E-state index in [9.17, 15) is 4.79 Å². The summed E-state index contributed by atoms with van der Waals surface area (Å²) >= 11 is 3.37. The number of benzene rings is 1. The minimum atomic E-state index is -0.136. The van der Waals surface area contributed by atoms with Crippen molar-refractivity contribution in [2.45, 2.75) is 19.4 Å². The first-order valence-electron chi connectivity index (χ1n) is 6.32. The highest BCUT2D eigenvalue weighted by molar-refractivity contribution is 9.10. The number of carbonyl (C=O) groups is 1. The van der Waals surface area contributed by atoms with Crippen molar-refractivity contribution in [1.82, 2.24) is 15.3 Å². The summed E-state index contributed by atoms with van der Waals surface area (Å²) in [6, 6.07) is 7.39. The van der Waals surface area contributed by atoms with E-state index in [4.69, 9.17) is 4.74 Å². The lowest BCUT2D eigenvalue weighted by Crippen LogP contribution is -2.28. The summed E-state index contributed by atoms with van der Waals surface area (Å²) in [6.07, 6.45) is 3.69. The number of amides is 1. The fraction of sp³-hybridized carbons (Fsp3) is 0.286. The Balaban J connectivity index is 1.73. The van der Waals surface area contributed by atoms with Crippen LogP contribution < -0.4 is 10.1 Å². The Bertz CT molecular complexity index is 557. The number of rotatable bonds is 6. The van der Waals surface area contributed by atoms with Gasteiger partial charge < -0.3 is 15.0 Å². The Labute approximate surface area is 125 Å². The van der Waals surface area contributed by atoms with E-state index in [1.807, 2.05) is 31.2 Å². The summed E-state index contributed by atoms with van der Waals surface area (Å²) in [6.45, 7) is 2.22. The highest BCUT2D eigenvalue weighted by Crippen LogP contribution is 2.17. The lowest BCUT2D eigenvalue weighted by Gasteiger charge is -2.12. The maximum atomic E-state index is 11.8. The minimum Gasteiger partial charge on any atom is -0.493 e. The van der Waals surface area contributed by atoms with E-state index in [-0.39, 0.29) is 11.9 Å². The monoisotopic (exact) mass is 337 g/mol. The van der Waals surface area contributed by atoms with Crippen molar-refractivity contribution in [2.75, 3.05) is 6.61 Å². The molecule has 0 radical (unpaired) electrons. The quantitative estimate of drug-likeness (QED) is 0.851. The smallest absolute Gasteiger partial charge is 0.224 e. The molecule has 1 atom stereocenters. The van der Waals surface area contributed by atoms with Crippen molar-refractivity contribution in [3.63, 3.8) is 0 Å². The Morgan fingerprint density at radius 3 is 3.10 bits per heavy atom. The van der Waals surface area contributed by atoms with Gasteiger partial charge in [0.25, 0.3) is 0 Å². The van der Waals surface area contributed by atoms with Crippen molar-refractivity contribution < 1.29 is 9.53 Å². The van der Waals surface area contributed by atoms with Crippen LogP contribution >= 0.6 is 15.9 Å². The van der Waals surface area contributed by atoms with Crippen molar-refractivity contribution in [3.8, 4) is 5.75 Å². The predicted molar refractivity (Wildman–Crippen MR) is 79.4 cm³/mol. The number of hydrogen-bond donors (Lipinski definition) is 2. The molecule has 6 heteroatoms. The zero-order valence-electron chi connectivity index (χ0n) is 11.1. The molecular formula is C14H16BrN3O2. The van der Waals surface area contributed by atoms with Crippen LogP contribution in [0.2, 0.25) is 0 Å². The first kappa shape index (κ1) is 14.6. The highest BCUT2D eigenvalue weighted by atomic mass is 79.9. The van der Waals surface area contributed by atoms with Gasteiger partial charge in [-0.2, -0.15) is 0 Å². The van der Waals surface area contributed by atoms with E-state index in [1.165, 1.54) is 0 Å². The van der Waals surface area contributed by atoms with Crippen molar-refractivity contribution in [2.24, 2.45) is 0 Å². The molecule has 1 aromatic carbocycles. The van der Waals surface area contributed by atoms with Crippen LogP contribution in [0.15, 0.2) is 41.1 Å². The Kier molecular flexibility index (Phi) is 5.17. The summed E-state index contributed by atoms with van der Waals surface area (Å²) < 4.78 is 6.47. The number of H-pyrrole nitrogens is 1. The molecule has 106 valence electrons. The second kappa shape index (κ2) is 7.09. The molecule has 5 nitrogen and oxygen atoms in total. The molecule has 1 unspecified atom stereocenters. The summed E-state index contributed by atoms with van der Waals surface area (Å²) in [5.41, 5.74) is 0. The fourth-order valence-electron chi connectivity index (χ4n) is 1.71. The molecule has 2 N–H and O–H groups in total. The molecule has 1 heterocycles. The molecule has 0 aliphatic heterocycles. The van der Waals surface area contributed by atoms with E-state index in [2.05, 4.69) is 31.2 Å². The fourth-order valence-corrected chi connectivity index (χ4v) is 2.09. The molecule has 1 aromatic heterocycles. The first-order chi connectivity index (χ1) is 9.65. The first-order valence-corrected chi connectivity index (χ1v) is 7.11. The number of nitrogens with zero attached hydrogens (tertiary/aromatic N) is 1. The molecule has 20 heavy (non-hydrogen) atoms. The Morgan fingerprint density at radius 1 is 1.55 bits per heavy atom. The highest BCUT2D eigenvalue weighted by Gasteiger charge is 2.11. The molecule has 0 aliphatic carbocycles. The van der Waals surface area contributed by atoms with E-state index in [0.717, 1.165) is 16.0 Å². The number of aromatic amines is 1. The van der Waals surface area contributed by atoms with Gasteiger partial charge in [-0.25, -0.2) is 4.98 Å². The largest absolute Gasteiger partial charge is 0.493 e. The van der Waals surface area contributed by atoms with Gasteiger partial charge in [0.15, 0.2) is 0 Å². The molecule has 2 aromatic rings. The van der Waals surface area contributed by atoms with Crippen LogP contribution in [-0.4, -0.2) is 22.5 Å². The molecule has 2 rings (SSSR count). The second-order valence-electron chi connectivity index (χ2n) is 4.32. The average molecular weight is 338 g/mol. The number of ether oxygens (including phenoxy) is 1. The van der Waals surface area contributed by atoms with Crippen LogP contribution in [-0.2, 0) is 4.79 Å².